The highest BCUT2D eigenvalue weighted by Gasteiger charge is 2.42. The first-order valence-corrected chi connectivity index (χ1v) is 9.31. The van der Waals surface area contributed by atoms with Crippen LogP contribution in [0.1, 0.15) is 43.0 Å². The van der Waals surface area contributed by atoms with Gasteiger partial charge in [0.05, 0.1) is 17.4 Å². The molecule has 136 valence electrons. The van der Waals surface area contributed by atoms with E-state index in [1.54, 1.807) is 11.8 Å². The zero-order chi connectivity index (χ0) is 18.4. The number of unbranched alkanes of at least 4 members (excludes halogenated alkanes) is 2. The number of hydrogen-bond acceptors (Lipinski definition) is 6. The molecular formula is C17H22N2O5S. The van der Waals surface area contributed by atoms with Crippen LogP contribution in [0.5, 0.6) is 0 Å². The number of nitrogens with zero attached hydrogens (tertiary/aromatic N) is 2. The van der Waals surface area contributed by atoms with Gasteiger partial charge in [0.1, 0.15) is 6.04 Å². The zero-order valence-electron chi connectivity index (χ0n) is 14.3. The molecule has 0 saturated carbocycles. The van der Waals surface area contributed by atoms with Crippen molar-refractivity contribution >= 4 is 29.3 Å². The minimum atomic E-state index is -0.659. The first-order valence-electron chi connectivity index (χ1n) is 8.26. The van der Waals surface area contributed by atoms with Gasteiger partial charge in [0.2, 0.25) is 0 Å². The Labute approximate surface area is 150 Å². The number of nitro benzene ring substituents is 1. The number of rotatable bonds is 7. The van der Waals surface area contributed by atoms with Crippen molar-refractivity contribution in [3.05, 3.63) is 39.9 Å². The van der Waals surface area contributed by atoms with Crippen molar-refractivity contribution in [2.75, 3.05) is 12.9 Å². The molecule has 2 atom stereocenters. The van der Waals surface area contributed by atoms with Gasteiger partial charge < -0.3 is 9.64 Å². The Balaban J connectivity index is 2.27. The van der Waals surface area contributed by atoms with Crippen LogP contribution in [0.4, 0.5) is 5.69 Å². The second kappa shape index (κ2) is 8.84. The van der Waals surface area contributed by atoms with Crippen LogP contribution in [0, 0.1) is 10.1 Å². The zero-order valence-corrected chi connectivity index (χ0v) is 15.2. The van der Waals surface area contributed by atoms with E-state index in [9.17, 15) is 19.7 Å². The predicted molar refractivity (Wildman–Crippen MR) is 95.5 cm³/mol. The maximum Gasteiger partial charge on any atom is 0.329 e. The highest BCUT2D eigenvalue weighted by atomic mass is 32.2. The summed E-state index contributed by atoms with van der Waals surface area (Å²) in [5.74, 6) is -0.348. The molecule has 1 aliphatic heterocycles. The van der Waals surface area contributed by atoms with Crippen molar-refractivity contribution in [1.82, 2.24) is 4.90 Å². The molecule has 8 heteroatoms. The molecule has 2 rings (SSSR count). The van der Waals surface area contributed by atoms with E-state index in [-0.39, 0.29) is 22.5 Å². The maximum absolute atomic E-state index is 13.0. The molecule has 25 heavy (non-hydrogen) atoms. The highest BCUT2D eigenvalue weighted by molar-refractivity contribution is 8.00. The summed E-state index contributed by atoms with van der Waals surface area (Å²) in [7, 11) is 1.30. The number of thioether (sulfide) groups is 1. The first kappa shape index (κ1) is 19.2. The van der Waals surface area contributed by atoms with Crippen molar-refractivity contribution in [2.24, 2.45) is 0 Å². The summed E-state index contributed by atoms with van der Waals surface area (Å²) >= 11 is 1.56. The molecule has 1 aromatic rings. The Morgan fingerprint density at radius 3 is 2.80 bits per heavy atom. The largest absolute Gasteiger partial charge is 0.467 e. The molecule has 1 saturated heterocycles. The van der Waals surface area contributed by atoms with E-state index in [4.69, 9.17) is 4.74 Å². The van der Waals surface area contributed by atoms with E-state index >= 15 is 0 Å². The van der Waals surface area contributed by atoms with Gasteiger partial charge in [-0.15, -0.1) is 11.8 Å². The fraction of sp³-hybridized carbons (Fsp3) is 0.529. The molecule has 1 amide bonds. The van der Waals surface area contributed by atoms with Gasteiger partial charge in [-0.1, -0.05) is 32.3 Å². The van der Waals surface area contributed by atoms with Crippen molar-refractivity contribution in [1.29, 1.82) is 0 Å². The lowest BCUT2D eigenvalue weighted by molar-refractivity contribution is -0.384. The molecule has 1 aromatic carbocycles. The lowest BCUT2D eigenvalue weighted by Gasteiger charge is -2.28. The predicted octanol–water partition coefficient (Wildman–Crippen LogP) is 3.23. The van der Waals surface area contributed by atoms with Gasteiger partial charge in [0.15, 0.2) is 0 Å². The summed E-state index contributed by atoms with van der Waals surface area (Å²) in [5, 5.41) is 10.8. The lowest BCUT2D eigenvalue weighted by atomic mass is 10.1. The van der Waals surface area contributed by atoms with E-state index in [1.165, 1.54) is 36.3 Å². The highest BCUT2D eigenvalue weighted by Crippen LogP contribution is 2.34. The fourth-order valence-electron chi connectivity index (χ4n) is 2.85. The first-order chi connectivity index (χ1) is 12.0. The molecule has 0 aliphatic carbocycles. The second-order valence-corrected chi connectivity index (χ2v) is 7.05. The van der Waals surface area contributed by atoms with Crippen LogP contribution in [-0.4, -0.2) is 46.0 Å². The summed E-state index contributed by atoms with van der Waals surface area (Å²) in [6.07, 6.45) is 3.86. The molecule has 0 aromatic heterocycles. The summed E-state index contributed by atoms with van der Waals surface area (Å²) in [4.78, 5) is 37.0. The van der Waals surface area contributed by atoms with E-state index in [0.29, 0.717) is 5.75 Å². The number of amides is 1. The number of nitro groups is 1. The van der Waals surface area contributed by atoms with Crippen LogP contribution in [0.25, 0.3) is 0 Å². The van der Waals surface area contributed by atoms with Crippen LogP contribution in [0.2, 0.25) is 0 Å². The standard InChI is InChI=1S/C17H22N2O5S/c1-3-4-5-9-15-18(14(11-25-15)17(21)24-2)16(20)12-7-6-8-13(10-12)19(22)23/h6-8,10,14-15H,3-5,9,11H2,1-2H3/t14-,15+/m0/s1. The molecule has 0 bridgehead atoms. The molecule has 0 spiro atoms. The molecule has 7 nitrogen and oxygen atoms in total. The lowest BCUT2D eigenvalue weighted by Crippen LogP contribution is -2.46. The summed E-state index contributed by atoms with van der Waals surface area (Å²) < 4.78 is 4.83. The van der Waals surface area contributed by atoms with Crippen molar-refractivity contribution in [2.45, 2.75) is 44.0 Å². The van der Waals surface area contributed by atoms with E-state index < -0.39 is 16.9 Å². The van der Waals surface area contributed by atoms with Crippen molar-refractivity contribution in [3.63, 3.8) is 0 Å². The number of benzene rings is 1. The monoisotopic (exact) mass is 366 g/mol. The minimum absolute atomic E-state index is 0.123. The third kappa shape index (κ3) is 4.50. The van der Waals surface area contributed by atoms with Gasteiger partial charge in [-0.25, -0.2) is 4.79 Å². The topological polar surface area (TPSA) is 89.8 Å². The third-order valence-corrected chi connectivity index (χ3v) is 5.51. The number of carbonyl (C=O) groups excluding carboxylic acids is 2. The summed E-state index contributed by atoms with van der Waals surface area (Å²) in [6.45, 7) is 2.10. The average molecular weight is 366 g/mol. The van der Waals surface area contributed by atoms with Gasteiger partial charge in [0.25, 0.3) is 11.6 Å². The number of hydrogen-bond donors (Lipinski definition) is 0. The van der Waals surface area contributed by atoms with Crippen LogP contribution in [0.15, 0.2) is 24.3 Å². The van der Waals surface area contributed by atoms with Crippen LogP contribution in [-0.2, 0) is 9.53 Å². The van der Waals surface area contributed by atoms with E-state index in [1.807, 2.05) is 0 Å². The number of non-ortho nitro benzene ring substituents is 1. The van der Waals surface area contributed by atoms with Crippen LogP contribution < -0.4 is 0 Å². The summed E-state index contributed by atoms with van der Waals surface area (Å²) in [6, 6.07) is 4.95. The third-order valence-electron chi connectivity index (χ3n) is 4.16. The fourth-order valence-corrected chi connectivity index (χ4v) is 4.28. The number of carbonyl (C=O) groups is 2. The smallest absolute Gasteiger partial charge is 0.329 e. The molecular weight excluding hydrogens is 344 g/mol. The molecule has 1 heterocycles. The van der Waals surface area contributed by atoms with Gasteiger partial charge in [-0.05, 0) is 12.5 Å². The average Bonchev–Trinajstić information content (AvgIpc) is 3.04. The molecule has 1 aliphatic rings. The van der Waals surface area contributed by atoms with Crippen LogP contribution >= 0.6 is 11.8 Å². The van der Waals surface area contributed by atoms with Crippen molar-refractivity contribution in [3.8, 4) is 0 Å². The Hall–Kier alpha value is -2.09. The molecule has 0 radical (unpaired) electrons. The van der Waals surface area contributed by atoms with Gasteiger partial charge in [-0.3, -0.25) is 14.9 Å². The quantitative estimate of drug-likeness (QED) is 0.318. The number of methoxy groups -OCH3 is 1. The Morgan fingerprint density at radius 1 is 1.40 bits per heavy atom. The van der Waals surface area contributed by atoms with Gasteiger partial charge in [0, 0.05) is 23.4 Å². The normalized spacial score (nSPS) is 19.7. The number of esters is 1. The number of ether oxygens (including phenoxy) is 1. The van der Waals surface area contributed by atoms with E-state index in [2.05, 4.69) is 6.92 Å². The molecule has 1 fully saturated rings. The SMILES string of the molecule is CCCCC[C@H]1SC[C@@H](C(=O)OC)N1C(=O)c1cccc([N+](=O)[O-])c1. The minimum Gasteiger partial charge on any atom is -0.467 e. The van der Waals surface area contributed by atoms with Crippen molar-refractivity contribution < 1.29 is 19.2 Å². The Morgan fingerprint density at radius 2 is 2.16 bits per heavy atom. The molecule has 0 N–H and O–H groups in total. The maximum atomic E-state index is 13.0. The second-order valence-electron chi connectivity index (χ2n) is 5.84. The Kier molecular flexibility index (Phi) is 6.81. The van der Waals surface area contributed by atoms with E-state index in [0.717, 1.165) is 25.7 Å². The summed E-state index contributed by atoms with van der Waals surface area (Å²) in [5.41, 5.74) is 0.0703. The molecule has 0 unspecified atom stereocenters. The van der Waals surface area contributed by atoms with Gasteiger partial charge >= 0.3 is 5.97 Å². The Bertz CT molecular complexity index is 652. The van der Waals surface area contributed by atoms with Gasteiger partial charge in [-0.2, -0.15) is 0 Å². The van der Waals surface area contributed by atoms with Crippen LogP contribution in [0.3, 0.4) is 0 Å².